The fraction of sp³-hybridized carbons (Fsp3) is 0.300. The fourth-order valence-corrected chi connectivity index (χ4v) is 4.55. The number of nitrogens with zero attached hydrogens (tertiary/aromatic N) is 3. The number of amides is 1. The summed E-state index contributed by atoms with van der Waals surface area (Å²) in [6.07, 6.45) is 0.578. The van der Waals surface area contributed by atoms with Gasteiger partial charge in [0.2, 0.25) is 5.12 Å². The number of nitrogens with one attached hydrogen (secondary N) is 1. The number of rotatable bonds is 4. The molecule has 0 aliphatic carbocycles. The molecule has 1 amide bonds. The number of fused-ring (bicyclic) bond motifs is 1. The summed E-state index contributed by atoms with van der Waals surface area (Å²) in [6.45, 7) is 0.306. The van der Waals surface area contributed by atoms with E-state index in [4.69, 9.17) is 0 Å². The molecule has 1 aliphatic heterocycles. The van der Waals surface area contributed by atoms with Gasteiger partial charge in [-0.3, -0.25) is 23.5 Å². The molecule has 0 spiro atoms. The molecule has 1 unspecified atom stereocenters. The molecule has 3 aromatic rings. The predicted molar refractivity (Wildman–Crippen MR) is 111 cm³/mol. The summed E-state index contributed by atoms with van der Waals surface area (Å²) in [7, 11) is 2.98. The molecule has 1 atom stereocenters. The summed E-state index contributed by atoms with van der Waals surface area (Å²) in [4.78, 5) is 50.1. The Labute approximate surface area is 170 Å². The van der Waals surface area contributed by atoms with Crippen LogP contribution in [0.3, 0.4) is 0 Å². The molecule has 0 saturated carbocycles. The molecule has 1 aromatic carbocycles. The first kappa shape index (κ1) is 19.3. The smallest absolute Gasteiger partial charge is 0.332 e. The van der Waals surface area contributed by atoms with Crippen LogP contribution >= 0.6 is 11.8 Å². The van der Waals surface area contributed by atoms with Crippen LogP contribution in [0.25, 0.3) is 11.0 Å². The summed E-state index contributed by atoms with van der Waals surface area (Å²) >= 11 is 1.20. The molecule has 1 N–H and O–H groups in total. The number of carbonyl (C=O) groups excluding carboxylic acids is 2. The lowest BCUT2D eigenvalue weighted by atomic mass is 10.2. The van der Waals surface area contributed by atoms with Gasteiger partial charge in [0.15, 0.2) is 0 Å². The van der Waals surface area contributed by atoms with Gasteiger partial charge in [-0.25, -0.2) is 4.79 Å². The number of aryl methyl sites for hydroxylation is 1. The maximum Gasteiger partial charge on any atom is 0.332 e. The van der Waals surface area contributed by atoms with Crippen molar-refractivity contribution in [2.45, 2.75) is 19.0 Å². The van der Waals surface area contributed by atoms with Gasteiger partial charge >= 0.3 is 5.69 Å². The maximum absolute atomic E-state index is 13.0. The van der Waals surface area contributed by atoms with Gasteiger partial charge in [-0.1, -0.05) is 42.1 Å². The highest BCUT2D eigenvalue weighted by Gasteiger charge is 2.29. The Morgan fingerprint density at radius 2 is 1.86 bits per heavy atom. The molecule has 4 rings (SSSR count). The second kappa shape index (κ2) is 7.40. The van der Waals surface area contributed by atoms with Crippen LogP contribution in [0, 0.1) is 0 Å². The van der Waals surface area contributed by atoms with Gasteiger partial charge < -0.3 is 9.88 Å². The van der Waals surface area contributed by atoms with E-state index in [1.807, 2.05) is 30.3 Å². The van der Waals surface area contributed by atoms with Crippen molar-refractivity contribution < 1.29 is 9.59 Å². The summed E-state index contributed by atoms with van der Waals surface area (Å²) in [5.74, 6) is 0.235. The van der Waals surface area contributed by atoms with E-state index >= 15 is 0 Å². The van der Waals surface area contributed by atoms with Gasteiger partial charge in [0.1, 0.15) is 11.3 Å². The third kappa shape index (κ3) is 3.31. The van der Waals surface area contributed by atoms with E-state index in [1.165, 1.54) is 29.4 Å². The summed E-state index contributed by atoms with van der Waals surface area (Å²) in [6, 6.07) is 10.4. The van der Waals surface area contributed by atoms with E-state index in [-0.39, 0.29) is 16.2 Å². The lowest BCUT2D eigenvalue weighted by Gasteiger charge is -2.15. The van der Waals surface area contributed by atoms with Gasteiger partial charge in [-0.15, -0.1) is 0 Å². The monoisotopic (exact) mass is 412 g/mol. The predicted octanol–water partition coefficient (Wildman–Crippen LogP) is 0.849. The third-order valence-electron chi connectivity index (χ3n) is 5.15. The van der Waals surface area contributed by atoms with E-state index in [0.29, 0.717) is 24.4 Å². The number of thioether (sulfide) groups is 1. The van der Waals surface area contributed by atoms with Crippen LogP contribution in [0.5, 0.6) is 0 Å². The zero-order valence-corrected chi connectivity index (χ0v) is 16.9. The maximum atomic E-state index is 13.0. The third-order valence-corrected chi connectivity index (χ3v) is 6.16. The average Bonchev–Trinajstić information content (AvgIpc) is 3.29. The SMILES string of the molecule is Cn1c(=O)c2cc(C(=O)NC3CCSC3=O)n(Cc3ccccc3)c2n(C)c1=O. The molecule has 1 fully saturated rings. The number of hydrogen-bond acceptors (Lipinski definition) is 5. The van der Waals surface area contributed by atoms with Gasteiger partial charge in [-0.05, 0) is 18.1 Å². The molecular weight excluding hydrogens is 392 g/mol. The summed E-state index contributed by atoms with van der Waals surface area (Å²) < 4.78 is 4.05. The molecule has 9 heteroatoms. The lowest BCUT2D eigenvalue weighted by molar-refractivity contribution is -0.112. The molecule has 0 radical (unpaired) electrons. The van der Waals surface area contributed by atoms with Crippen LogP contribution in [0.1, 0.15) is 22.5 Å². The van der Waals surface area contributed by atoms with Gasteiger partial charge in [0, 0.05) is 26.4 Å². The molecule has 29 heavy (non-hydrogen) atoms. The minimum absolute atomic E-state index is 0.0626. The molecule has 150 valence electrons. The standard InChI is InChI=1S/C20H20N4O4S/c1-22-17-13(18(26)23(2)20(22)28)10-15(16(25)21-14-8-9-29-19(14)27)24(17)11-12-6-4-3-5-7-12/h3-7,10,14H,8-9,11H2,1-2H3,(H,21,25). The Kier molecular flexibility index (Phi) is 4.91. The van der Waals surface area contributed by atoms with Crippen molar-refractivity contribution in [3.05, 3.63) is 68.5 Å². The van der Waals surface area contributed by atoms with Crippen molar-refractivity contribution in [1.82, 2.24) is 19.0 Å². The average molecular weight is 412 g/mol. The van der Waals surface area contributed by atoms with E-state index in [0.717, 1.165) is 10.1 Å². The van der Waals surface area contributed by atoms with Crippen LogP contribution in [0.15, 0.2) is 46.0 Å². The largest absolute Gasteiger partial charge is 0.340 e. The van der Waals surface area contributed by atoms with E-state index in [2.05, 4.69) is 5.32 Å². The van der Waals surface area contributed by atoms with Gasteiger partial charge in [0.05, 0.1) is 11.4 Å². The molecule has 1 saturated heterocycles. The number of aromatic nitrogens is 3. The van der Waals surface area contributed by atoms with Crippen molar-refractivity contribution in [3.63, 3.8) is 0 Å². The first-order chi connectivity index (χ1) is 13.9. The molecule has 8 nitrogen and oxygen atoms in total. The van der Waals surface area contributed by atoms with Crippen LogP contribution in [-0.4, -0.2) is 36.5 Å². The molecule has 0 bridgehead atoms. The second-order valence-corrected chi connectivity index (χ2v) is 8.13. The Balaban J connectivity index is 1.89. The fourth-order valence-electron chi connectivity index (χ4n) is 3.61. The Morgan fingerprint density at radius 3 is 2.52 bits per heavy atom. The second-order valence-electron chi connectivity index (χ2n) is 7.03. The Morgan fingerprint density at radius 1 is 1.14 bits per heavy atom. The summed E-state index contributed by atoms with van der Waals surface area (Å²) in [5.41, 5.74) is 0.603. The van der Waals surface area contributed by atoms with E-state index < -0.39 is 23.2 Å². The molecular formula is C20H20N4O4S. The number of hydrogen-bond donors (Lipinski definition) is 1. The Hall–Kier alpha value is -3.07. The zero-order chi connectivity index (χ0) is 20.7. The van der Waals surface area contributed by atoms with Crippen molar-refractivity contribution in [3.8, 4) is 0 Å². The van der Waals surface area contributed by atoms with E-state index in [9.17, 15) is 19.2 Å². The van der Waals surface area contributed by atoms with Crippen molar-refractivity contribution in [2.24, 2.45) is 14.1 Å². The number of benzene rings is 1. The highest BCUT2D eigenvalue weighted by atomic mass is 32.2. The minimum Gasteiger partial charge on any atom is -0.340 e. The first-order valence-electron chi connectivity index (χ1n) is 9.19. The normalized spacial score (nSPS) is 16.5. The van der Waals surface area contributed by atoms with Gasteiger partial charge in [0.25, 0.3) is 11.5 Å². The topological polar surface area (TPSA) is 95.1 Å². The van der Waals surface area contributed by atoms with Crippen molar-refractivity contribution in [1.29, 1.82) is 0 Å². The van der Waals surface area contributed by atoms with Crippen molar-refractivity contribution >= 4 is 33.8 Å². The van der Waals surface area contributed by atoms with Crippen LogP contribution in [0.2, 0.25) is 0 Å². The highest BCUT2D eigenvalue weighted by Crippen LogP contribution is 2.22. The Bertz CT molecular complexity index is 1240. The first-order valence-corrected chi connectivity index (χ1v) is 10.2. The summed E-state index contributed by atoms with van der Waals surface area (Å²) in [5, 5.41) is 2.99. The minimum atomic E-state index is -0.539. The van der Waals surface area contributed by atoms with Crippen LogP contribution < -0.4 is 16.6 Å². The molecule has 2 aromatic heterocycles. The quantitative estimate of drug-likeness (QED) is 0.686. The van der Waals surface area contributed by atoms with E-state index in [1.54, 1.807) is 11.6 Å². The lowest BCUT2D eigenvalue weighted by Crippen LogP contribution is -2.38. The molecule has 1 aliphatic rings. The van der Waals surface area contributed by atoms with Crippen LogP contribution in [0.4, 0.5) is 0 Å². The van der Waals surface area contributed by atoms with Gasteiger partial charge in [-0.2, -0.15) is 0 Å². The van der Waals surface area contributed by atoms with Crippen LogP contribution in [-0.2, 0) is 25.4 Å². The molecule has 3 heterocycles. The van der Waals surface area contributed by atoms with Crippen molar-refractivity contribution in [2.75, 3.05) is 5.75 Å². The number of carbonyl (C=O) groups is 2. The zero-order valence-electron chi connectivity index (χ0n) is 16.0. The highest BCUT2D eigenvalue weighted by molar-refractivity contribution is 8.14.